The Morgan fingerprint density at radius 2 is 1.70 bits per heavy atom. The summed E-state index contributed by atoms with van der Waals surface area (Å²) in [6, 6.07) is 4.15. The number of carbonyl (C=O) groups excluding carboxylic acids is 2. The van der Waals surface area contributed by atoms with E-state index in [2.05, 4.69) is 24.4 Å². The second-order valence-corrected chi connectivity index (χ2v) is 6.23. The summed E-state index contributed by atoms with van der Waals surface area (Å²) < 4.78 is 0. The average Bonchev–Trinajstić information content (AvgIpc) is 2.45. The number of hydrogen-bond acceptors (Lipinski definition) is 2. The summed E-state index contributed by atoms with van der Waals surface area (Å²) in [5.74, 6) is -0.0198. The van der Waals surface area contributed by atoms with Crippen LogP contribution in [-0.2, 0) is 9.59 Å². The van der Waals surface area contributed by atoms with Crippen molar-refractivity contribution in [1.82, 2.24) is 5.32 Å². The Morgan fingerprint density at radius 1 is 1.09 bits per heavy atom. The zero-order valence-corrected chi connectivity index (χ0v) is 15.2. The fourth-order valence-corrected chi connectivity index (χ4v) is 2.93. The molecule has 23 heavy (non-hydrogen) atoms. The Hall–Kier alpha value is -1.84. The maximum Gasteiger partial charge on any atom is 0.223 e. The third-order valence-corrected chi connectivity index (χ3v) is 3.95. The van der Waals surface area contributed by atoms with Gasteiger partial charge >= 0.3 is 0 Å². The fraction of sp³-hybridized carbons (Fsp3) is 0.579. The summed E-state index contributed by atoms with van der Waals surface area (Å²) in [4.78, 5) is 25.7. The lowest BCUT2D eigenvalue weighted by Gasteiger charge is -2.25. The van der Waals surface area contributed by atoms with Crippen molar-refractivity contribution in [2.45, 2.75) is 60.3 Å². The van der Waals surface area contributed by atoms with E-state index in [4.69, 9.17) is 0 Å². The molecule has 0 bridgehead atoms. The van der Waals surface area contributed by atoms with E-state index in [0.717, 1.165) is 42.6 Å². The van der Waals surface area contributed by atoms with Crippen LogP contribution in [0.3, 0.4) is 0 Å². The van der Waals surface area contributed by atoms with Gasteiger partial charge < -0.3 is 10.2 Å². The zero-order valence-electron chi connectivity index (χ0n) is 15.2. The Balaban J connectivity index is 2.70. The molecule has 0 saturated heterocycles. The lowest BCUT2D eigenvalue weighted by Crippen LogP contribution is -2.35. The van der Waals surface area contributed by atoms with Gasteiger partial charge in [0.2, 0.25) is 11.8 Å². The van der Waals surface area contributed by atoms with Gasteiger partial charge in [0.25, 0.3) is 0 Å². The molecule has 0 heterocycles. The minimum atomic E-state index is -0.0289. The maximum absolute atomic E-state index is 12.0. The van der Waals surface area contributed by atoms with E-state index in [-0.39, 0.29) is 11.8 Å². The first kappa shape index (κ1) is 19.2. The molecule has 0 radical (unpaired) electrons. The molecule has 1 aromatic carbocycles. The molecule has 0 fully saturated rings. The van der Waals surface area contributed by atoms with Gasteiger partial charge in [-0.15, -0.1) is 0 Å². The fourth-order valence-electron chi connectivity index (χ4n) is 2.93. The number of carbonyl (C=O) groups is 2. The number of nitrogens with one attached hydrogen (secondary N) is 1. The number of anilines is 1. The highest BCUT2D eigenvalue weighted by Crippen LogP contribution is 2.26. The summed E-state index contributed by atoms with van der Waals surface area (Å²) >= 11 is 0. The molecule has 0 atom stereocenters. The first-order valence-electron chi connectivity index (χ1n) is 8.49. The molecule has 4 heteroatoms. The van der Waals surface area contributed by atoms with Gasteiger partial charge in [-0.05, 0) is 38.3 Å². The van der Waals surface area contributed by atoms with Gasteiger partial charge in [-0.2, -0.15) is 0 Å². The van der Waals surface area contributed by atoms with Crippen molar-refractivity contribution < 1.29 is 9.59 Å². The lowest BCUT2D eigenvalue weighted by atomic mass is 10.0. The molecule has 0 aromatic heterocycles. The van der Waals surface area contributed by atoms with E-state index in [0.29, 0.717) is 13.0 Å². The molecule has 2 amide bonds. The standard InChI is InChI=1S/C19H30N2O2/c1-6-7-8-10-20-18(23)9-11-21(17(5)22)19-15(3)12-14(2)13-16(19)4/h12-13H,6-11H2,1-5H3,(H,20,23). The largest absolute Gasteiger partial charge is 0.356 e. The van der Waals surface area contributed by atoms with Crippen molar-refractivity contribution in [1.29, 1.82) is 0 Å². The maximum atomic E-state index is 12.0. The number of aryl methyl sites for hydroxylation is 3. The van der Waals surface area contributed by atoms with Crippen molar-refractivity contribution in [2.24, 2.45) is 0 Å². The van der Waals surface area contributed by atoms with Crippen LogP contribution in [0.2, 0.25) is 0 Å². The van der Waals surface area contributed by atoms with Crippen LogP contribution in [0.4, 0.5) is 5.69 Å². The van der Waals surface area contributed by atoms with Crippen LogP contribution >= 0.6 is 0 Å². The predicted octanol–water partition coefficient (Wildman–Crippen LogP) is 3.66. The molecule has 0 aliphatic carbocycles. The molecule has 0 saturated carbocycles. The summed E-state index contributed by atoms with van der Waals surface area (Å²) in [6.07, 6.45) is 3.61. The topological polar surface area (TPSA) is 49.4 Å². The second-order valence-electron chi connectivity index (χ2n) is 6.23. The molecule has 0 aliphatic heterocycles. The SMILES string of the molecule is CCCCCNC(=O)CCN(C(C)=O)c1c(C)cc(C)cc1C. The van der Waals surface area contributed by atoms with Gasteiger partial charge in [0.15, 0.2) is 0 Å². The number of nitrogens with zero attached hydrogens (tertiary/aromatic N) is 1. The van der Waals surface area contributed by atoms with Crippen LogP contribution in [0.25, 0.3) is 0 Å². The first-order chi connectivity index (χ1) is 10.9. The molecule has 1 N–H and O–H groups in total. The van der Waals surface area contributed by atoms with Crippen LogP contribution in [-0.4, -0.2) is 24.9 Å². The van der Waals surface area contributed by atoms with Gasteiger partial charge in [0.05, 0.1) is 0 Å². The Bertz CT molecular complexity index is 529. The van der Waals surface area contributed by atoms with Crippen molar-refractivity contribution >= 4 is 17.5 Å². The van der Waals surface area contributed by atoms with E-state index >= 15 is 0 Å². The average molecular weight is 318 g/mol. The highest BCUT2D eigenvalue weighted by atomic mass is 16.2. The van der Waals surface area contributed by atoms with Gasteiger partial charge in [-0.1, -0.05) is 37.5 Å². The third kappa shape index (κ3) is 6.05. The number of unbranched alkanes of at least 4 members (excludes halogenated alkanes) is 2. The highest BCUT2D eigenvalue weighted by molar-refractivity contribution is 5.94. The Morgan fingerprint density at radius 3 is 2.22 bits per heavy atom. The van der Waals surface area contributed by atoms with E-state index in [1.165, 1.54) is 5.56 Å². The number of rotatable bonds is 8. The minimum absolute atomic E-state index is 0.00905. The third-order valence-electron chi connectivity index (χ3n) is 3.95. The van der Waals surface area contributed by atoms with Crippen LogP contribution < -0.4 is 10.2 Å². The Labute approximate surface area is 140 Å². The summed E-state index contributed by atoms with van der Waals surface area (Å²) in [7, 11) is 0. The molecule has 0 aliphatic rings. The second kappa shape index (κ2) is 9.33. The first-order valence-corrected chi connectivity index (χ1v) is 8.49. The summed E-state index contributed by atoms with van der Waals surface area (Å²) in [6.45, 7) is 10.9. The van der Waals surface area contributed by atoms with E-state index in [9.17, 15) is 9.59 Å². The van der Waals surface area contributed by atoms with Gasteiger partial charge in [0, 0.05) is 32.1 Å². The van der Waals surface area contributed by atoms with Crippen LogP contribution in [0.5, 0.6) is 0 Å². The van der Waals surface area contributed by atoms with Crippen LogP contribution in [0.15, 0.2) is 12.1 Å². The molecule has 1 rings (SSSR count). The van der Waals surface area contributed by atoms with Crippen LogP contribution in [0, 0.1) is 20.8 Å². The quantitative estimate of drug-likeness (QED) is 0.744. The van der Waals surface area contributed by atoms with Gasteiger partial charge in [-0.25, -0.2) is 0 Å². The molecule has 1 aromatic rings. The predicted molar refractivity (Wildman–Crippen MR) is 95.8 cm³/mol. The molecular formula is C19H30N2O2. The number of benzene rings is 1. The van der Waals surface area contributed by atoms with E-state index in [1.54, 1.807) is 11.8 Å². The molecule has 0 spiro atoms. The van der Waals surface area contributed by atoms with Crippen molar-refractivity contribution in [3.8, 4) is 0 Å². The normalized spacial score (nSPS) is 10.5. The van der Waals surface area contributed by atoms with Crippen molar-refractivity contribution in [2.75, 3.05) is 18.0 Å². The Kier molecular flexibility index (Phi) is 7.79. The lowest BCUT2D eigenvalue weighted by molar-refractivity contribution is -0.121. The minimum Gasteiger partial charge on any atom is -0.356 e. The number of hydrogen-bond donors (Lipinski definition) is 1. The number of amides is 2. The summed E-state index contributed by atoms with van der Waals surface area (Å²) in [5.41, 5.74) is 4.25. The van der Waals surface area contributed by atoms with Crippen LogP contribution in [0.1, 0.15) is 56.2 Å². The smallest absolute Gasteiger partial charge is 0.223 e. The van der Waals surface area contributed by atoms with Crippen molar-refractivity contribution in [3.05, 3.63) is 28.8 Å². The molecule has 0 unspecified atom stereocenters. The van der Waals surface area contributed by atoms with E-state index < -0.39 is 0 Å². The highest BCUT2D eigenvalue weighted by Gasteiger charge is 2.17. The van der Waals surface area contributed by atoms with Gasteiger partial charge in [0.1, 0.15) is 0 Å². The van der Waals surface area contributed by atoms with Gasteiger partial charge in [-0.3, -0.25) is 9.59 Å². The zero-order chi connectivity index (χ0) is 17.4. The summed E-state index contributed by atoms with van der Waals surface area (Å²) in [5, 5.41) is 2.92. The monoisotopic (exact) mass is 318 g/mol. The molecular weight excluding hydrogens is 288 g/mol. The van der Waals surface area contributed by atoms with E-state index in [1.807, 2.05) is 20.8 Å². The molecule has 128 valence electrons. The molecule has 4 nitrogen and oxygen atoms in total. The van der Waals surface area contributed by atoms with Crippen molar-refractivity contribution in [3.63, 3.8) is 0 Å².